The fraction of sp³-hybridized carbons (Fsp3) is 0.667. The first-order valence-electron chi connectivity index (χ1n) is 4.26. The van der Waals surface area contributed by atoms with Crippen molar-refractivity contribution in [2.75, 3.05) is 0 Å². The maximum absolute atomic E-state index is 10.9. The van der Waals surface area contributed by atoms with Crippen molar-refractivity contribution in [3.05, 3.63) is 0 Å². The monoisotopic (exact) mass is 185 g/mol. The molecule has 4 nitrogen and oxygen atoms in total. The Hall–Kier alpha value is -1.19. The van der Waals surface area contributed by atoms with Crippen LogP contribution in [0.5, 0.6) is 0 Å². The maximum Gasteiger partial charge on any atom is 0.314 e. The molecule has 0 aliphatic rings. The Labute approximate surface area is 77.5 Å². The molecule has 0 fully saturated rings. The van der Waals surface area contributed by atoms with Gasteiger partial charge >= 0.3 is 5.97 Å². The van der Waals surface area contributed by atoms with Crippen LogP contribution in [0.2, 0.25) is 0 Å². The number of rotatable bonds is 6. The van der Waals surface area contributed by atoms with Crippen molar-refractivity contribution >= 4 is 18.0 Å². The van der Waals surface area contributed by atoms with E-state index in [2.05, 4.69) is 0 Å². The lowest BCUT2D eigenvalue weighted by atomic mass is 9.95. The minimum Gasteiger partial charge on any atom is -0.481 e. The van der Waals surface area contributed by atoms with E-state index in [0.717, 1.165) is 0 Å². The van der Waals surface area contributed by atoms with Crippen molar-refractivity contribution in [1.29, 1.82) is 5.41 Å². The summed E-state index contributed by atoms with van der Waals surface area (Å²) >= 11 is 0. The molecular weight excluding hydrogens is 170 g/mol. The molecule has 0 bridgehead atoms. The van der Waals surface area contributed by atoms with Crippen LogP contribution in [-0.2, 0) is 9.59 Å². The minimum atomic E-state index is -1.13. The van der Waals surface area contributed by atoms with Gasteiger partial charge in [0, 0.05) is 0 Å². The van der Waals surface area contributed by atoms with E-state index in [1.165, 1.54) is 0 Å². The first kappa shape index (κ1) is 11.8. The number of ketones is 1. The molecule has 0 amide bonds. The number of Topliss-reactive ketones (excluding diaryl/α,β-unsaturated/α-hetero) is 1. The number of hydrogen-bond acceptors (Lipinski definition) is 3. The summed E-state index contributed by atoms with van der Waals surface area (Å²) in [6.45, 7) is 3.93. The molecule has 0 heterocycles. The van der Waals surface area contributed by atoms with Crippen molar-refractivity contribution in [1.82, 2.24) is 0 Å². The average Bonchev–Trinajstić information content (AvgIpc) is 2.03. The zero-order chi connectivity index (χ0) is 10.4. The van der Waals surface area contributed by atoms with Crippen LogP contribution in [0, 0.1) is 17.2 Å². The molecule has 0 saturated heterocycles. The smallest absolute Gasteiger partial charge is 0.314 e. The highest BCUT2D eigenvalue weighted by molar-refractivity contribution is 6.31. The van der Waals surface area contributed by atoms with E-state index in [1.54, 1.807) is 0 Å². The molecule has 13 heavy (non-hydrogen) atoms. The van der Waals surface area contributed by atoms with E-state index >= 15 is 0 Å². The SMILES string of the molecule is CC(C)CC[C@H](C(=O)O)C(=O)C=N. The molecule has 0 rings (SSSR count). The van der Waals surface area contributed by atoms with Gasteiger partial charge < -0.3 is 10.5 Å². The van der Waals surface area contributed by atoms with Gasteiger partial charge in [-0.1, -0.05) is 13.8 Å². The first-order chi connectivity index (χ1) is 5.99. The van der Waals surface area contributed by atoms with Crippen molar-refractivity contribution in [2.24, 2.45) is 11.8 Å². The van der Waals surface area contributed by atoms with Gasteiger partial charge in [-0.3, -0.25) is 9.59 Å². The number of carboxylic acids is 1. The molecule has 0 aromatic carbocycles. The standard InChI is InChI=1S/C9H15NO3/c1-6(2)3-4-7(9(12)13)8(11)5-10/h5-7,10H,3-4H2,1-2H3,(H,12,13)/t7-/m0/s1. The predicted molar refractivity (Wildman–Crippen MR) is 49.0 cm³/mol. The van der Waals surface area contributed by atoms with Crippen molar-refractivity contribution in [2.45, 2.75) is 26.7 Å². The molecule has 0 saturated carbocycles. The summed E-state index contributed by atoms with van der Waals surface area (Å²) in [6.07, 6.45) is 1.59. The predicted octanol–water partition coefficient (Wildman–Crippen LogP) is 1.34. The van der Waals surface area contributed by atoms with Crippen LogP contribution in [-0.4, -0.2) is 23.1 Å². The van der Waals surface area contributed by atoms with Gasteiger partial charge in [0.25, 0.3) is 0 Å². The highest BCUT2D eigenvalue weighted by Crippen LogP contribution is 2.12. The summed E-state index contributed by atoms with van der Waals surface area (Å²) in [7, 11) is 0. The van der Waals surface area contributed by atoms with Gasteiger partial charge in [-0.25, -0.2) is 0 Å². The van der Waals surface area contributed by atoms with Crippen LogP contribution in [0.1, 0.15) is 26.7 Å². The Morgan fingerprint density at radius 2 is 1.92 bits per heavy atom. The lowest BCUT2D eigenvalue weighted by Crippen LogP contribution is -2.24. The van der Waals surface area contributed by atoms with E-state index in [0.29, 0.717) is 25.0 Å². The van der Waals surface area contributed by atoms with Crippen LogP contribution in [0.3, 0.4) is 0 Å². The fourth-order valence-electron chi connectivity index (χ4n) is 0.988. The van der Waals surface area contributed by atoms with Gasteiger partial charge in [-0.15, -0.1) is 0 Å². The normalized spacial score (nSPS) is 12.5. The van der Waals surface area contributed by atoms with Crippen LogP contribution in [0.15, 0.2) is 0 Å². The Balaban J connectivity index is 4.19. The molecule has 4 heteroatoms. The van der Waals surface area contributed by atoms with E-state index < -0.39 is 17.7 Å². The van der Waals surface area contributed by atoms with Gasteiger partial charge in [0.2, 0.25) is 0 Å². The summed E-state index contributed by atoms with van der Waals surface area (Å²) in [4.78, 5) is 21.5. The van der Waals surface area contributed by atoms with Crippen LogP contribution in [0.25, 0.3) is 0 Å². The number of carbonyl (C=O) groups excluding carboxylic acids is 1. The summed E-state index contributed by atoms with van der Waals surface area (Å²) in [5.41, 5.74) is 0. The van der Waals surface area contributed by atoms with Gasteiger partial charge in [0.1, 0.15) is 5.92 Å². The quantitative estimate of drug-likeness (QED) is 0.484. The molecule has 0 unspecified atom stereocenters. The number of hydrogen-bond donors (Lipinski definition) is 2. The fourth-order valence-corrected chi connectivity index (χ4v) is 0.988. The Morgan fingerprint density at radius 1 is 1.38 bits per heavy atom. The van der Waals surface area contributed by atoms with Crippen LogP contribution >= 0.6 is 0 Å². The third kappa shape index (κ3) is 4.40. The van der Waals surface area contributed by atoms with E-state index in [1.807, 2.05) is 13.8 Å². The average molecular weight is 185 g/mol. The summed E-state index contributed by atoms with van der Waals surface area (Å²) < 4.78 is 0. The van der Waals surface area contributed by atoms with Gasteiger partial charge in [0.05, 0.1) is 6.21 Å². The topological polar surface area (TPSA) is 78.2 Å². The summed E-state index contributed by atoms with van der Waals surface area (Å²) in [6, 6.07) is 0. The first-order valence-corrected chi connectivity index (χ1v) is 4.26. The Morgan fingerprint density at radius 3 is 2.23 bits per heavy atom. The number of nitrogens with one attached hydrogen (secondary N) is 1. The second kappa shape index (κ2) is 5.45. The zero-order valence-electron chi connectivity index (χ0n) is 7.91. The Kier molecular flexibility index (Phi) is 4.96. The van der Waals surface area contributed by atoms with E-state index in [4.69, 9.17) is 10.5 Å². The molecule has 0 aromatic heterocycles. The summed E-state index contributed by atoms with van der Waals surface area (Å²) in [5, 5.41) is 15.3. The van der Waals surface area contributed by atoms with Gasteiger partial charge in [-0.05, 0) is 18.8 Å². The molecule has 0 aliphatic heterocycles. The Bertz CT molecular complexity index is 211. The lowest BCUT2D eigenvalue weighted by Gasteiger charge is -2.09. The number of carboxylic acid groups (broad SMARTS) is 1. The van der Waals surface area contributed by atoms with E-state index in [9.17, 15) is 9.59 Å². The molecule has 74 valence electrons. The molecule has 1 atom stereocenters. The lowest BCUT2D eigenvalue weighted by molar-refractivity contribution is -0.144. The van der Waals surface area contributed by atoms with Gasteiger partial charge in [-0.2, -0.15) is 0 Å². The number of carbonyl (C=O) groups is 2. The third-order valence-corrected chi connectivity index (χ3v) is 1.82. The molecule has 2 N–H and O–H groups in total. The largest absolute Gasteiger partial charge is 0.481 e. The molecule has 0 spiro atoms. The number of aliphatic carboxylic acids is 1. The zero-order valence-corrected chi connectivity index (χ0v) is 7.91. The second-order valence-electron chi connectivity index (χ2n) is 3.41. The second-order valence-corrected chi connectivity index (χ2v) is 3.41. The summed E-state index contributed by atoms with van der Waals surface area (Å²) in [5.74, 6) is -2.40. The van der Waals surface area contributed by atoms with Crippen molar-refractivity contribution in [3.63, 3.8) is 0 Å². The molecular formula is C9H15NO3. The molecule has 0 aliphatic carbocycles. The molecule has 0 radical (unpaired) electrons. The third-order valence-electron chi connectivity index (χ3n) is 1.82. The van der Waals surface area contributed by atoms with Crippen molar-refractivity contribution < 1.29 is 14.7 Å². The van der Waals surface area contributed by atoms with Crippen LogP contribution < -0.4 is 0 Å². The van der Waals surface area contributed by atoms with Crippen molar-refractivity contribution in [3.8, 4) is 0 Å². The maximum atomic E-state index is 10.9. The minimum absolute atomic E-state index is 0.321. The highest BCUT2D eigenvalue weighted by atomic mass is 16.4. The van der Waals surface area contributed by atoms with Crippen LogP contribution in [0.4, 0.5) is 0 Å². The molecule has 0 aromatic rings. The van der Waals surface area contributed by atoms with Gasteiger partial charge in [0.15, 0.2) is 5.78 Å². The van der Waals surface area contributed by atoms with E-state index in [-0.39, 0.29) is 0 Å². The highest BCUT2D eigenvalue weighted by Gasteiger charge is 2.23.